The molecule has 0 aromatic carbocycles. The summed E-state index contributed by atoms with van der Waals surface area (Å²) in [7, 11) is 0. The number of rotatable bonds is 4. The Morgan fingerprint density at radius 2 is 1.81 bits per heavy atom. The summed E-state index contributed by atoms with van der Waals surface area (Å²) in [5, 5.41) is 3.60. The lowest BCUT2D eigenvalue weighted by Crippen LogP contribution is -2.44. The van der Waals surface area contributed by atoms with Gasteiger partial charge in [-0.1, -0.05) is 6.42 Å². The molecule has 0 radical (unpaired) electrons. The van der Waals surface area contributed by atoms with Gasteiger partial charge in [0.15, 0.2) is 0 Å². The van der Waals surface area contributed by atoms with Crippen molar-refractivity contribution in [1.29, 1.82) is 0 Å². The molecular weight excluding hydrogens is 196 g/mol. The average molecular weight is 224 g/mol. The minimum atomic E-state index is 0.820. The minimum Gasteiger partial charge on any atom is -0.314 e. The fourth-order valence-corrected chi connectivity index (χ4v) is 3.44. The van der Waals surface area contributed by atoms with Gasteiger partial charge in [0, 0.05) is 18.1 Å². The fourth-order valence-electron chi connectivity index (χ4n) is 3.44. The van der Waals surface area contributed by atoms with Crippen molar-refractivity contribution in [3.63, 3.8) is 0 Å². The summed E-state index contributed by atoms with van der Waals surface area (Å²) in [6.07, 6.45) is 9.82. The van der Waals surface area contributed by atoms with Crippen molar-refractivity contribution < 1.29 is 0 Å². The SMILES string of the molecule is C[C@@H]1CCC[C@H](C)N1CCCC1CCCN1. The first kappa shape index (κ1) is 12.4. The highest BCUT2D eigenvalue weighted by atomic mass is 15.2. The quantitative estimate of drug-likeness (QED) is 0.790. The third-order valence-corrected chi connectivity index (χ3v) is 4.51. The molecular formula is C14H28N2. The van der Waals surface area contributed by atoms with Gasteiger partial charge in [-0.05, 0) is 65.5 Å². The van der Waals surface area contributed by atoms with E-state index in [1.807, 2.05) is 0 Å². The van der Waals surface area contributed by atoms with E-state index in [0.717, 1.165) is 18.1 Å². The second-order valence-corrected chi connectivity index (χ2v) is 5.80. The molecule has 1 unspecified atom stereocenters. The second-order valence-electron chi connectivity index (χ2n) is 5.80. The van der Waals surface area contributed by atoms with Gasteiger partial charge in [0.1, 0.15) is 0 Å². The first-order chi connectivity index (χ1) is 7.77. The predicted octanol–water partition coefficient (Wildman–Crippen LogP) is 2.78. The molecule has 0 aromatic heterocycles. The standard InChI is InChI=1S/C14H28N2/c1-12-6-3-7-13(2)16(12)11-5-9-14-8-4-10-15-14/h12-15H,3-11H2,1-2H3/t12-,13+,14?. The van der Waals surface area contributed by atoms with Crippen LogP contribution in [-0.2, 0) is 0 Å². The molecule has 2 aliphatic rings. The molecule has 0 aromatic rings. The Labute approximate surface area is 101 Å². The Balaban J connectivity index is 1.67. The Morgan fingerprint density at radius 1 is 1.06 bits per heavy atom. The highest BCUT2D eigenvalue weighted by Gasteiger charge is 2.24. The highest BCUT2D eigenvalue weighted by Crippen LogP contribution is 2.23. The molecule has 0 bridgehead atoms. The summed E-state index contributed by atoms with van der Waals surface area (Å²) in [6.45, 7) is 7.38. The van der Waals surface area contributed by atoms with Gasteiger partial charge in [-0.3, -0.25) is 4.90 Å². The van der Waals surface area contributed by atoms with Gasteiger partial charge in [0.05, 0.1) is 0 Å². The molecule has 0 aliphatic carbocycles. The minimum absolute atomic E-state index is 0.820. The molecule has 0 spiro atoms. The first-order valence-electron chi connectivity index (χ1n) is 7.26. The van der Waals surface area contributed by atoms with Crippen molar-refractivity contribution in [2.75, 3.05) is 13.1 Å². The molecule has 2 nitrogen and oxygen atoms in total. The highest BCUT2D eigenvalue weighted by molar-refractivity contribution is 4.80. The van der Waals surface area contributed by atoms with Crippen LogP contribution in [0.2, 0.25) is 0 Å². The van der Waals surface area contributed by atoms with Crippen molar-refractivity contribution in [3.8, 4) is 0 Å². The molecule has 1 N–H and O–H groups in total. The number of likely N-dealkylation sites (tertiary alicyclic amines) is 1. The summed E-state index contributed by atoms with van der Waals surface area (Å²) in [6, 6.07) is 2.47. The number of piperidine rings is 1. The van der Waals surface area contributed by atoms with Crippen LogP contribution >= 0.6 is 0 Å². The lowest BCUT2D eigenvalue weighted by molar-refractivity contribution is 0.100. The van der Waals surface area contributed by atoms with Gasteiger partial charge in [-0.25, -0.2) is 0 Å². The van der Waals surface area contributed by atoms with Crippen LogP contribution in [0.5, 0.6) is 0 Å². The molecule has 94 valence electrons. The van der Waals surface area contributed by atoms with Crippen LogP contribution in [-0.4, -0.2) is 36.1 Å². The van der Waals surface area contributed by atoms with Crippen LogP contribution in [0.25, 0.3) is 0 Å². The Bertz CT molecular complexity index is 189. The fraction of sp³-hybridized carbons (Fsp3) is 1.00. The van der Waals surface area contributed by atoms with E-state index in [1.54, 1.807) is 0 Å². The molecule has 2 rings (SSSR count). The second kappa shape index (κ2) is 6.02. The van der Waals surface area contributed by atoms with E-state index in [1.165, 1.54) is 58.0 Å². The lowest BCUT2D eigenvalue weighted by atomic mass is 9.97. The summed E-state index contributed by atoms with van der Waals surface area (Å²) in [5.74, 6) is 0. The molecule has 2 heterocycles. The van der Waals surface area contributed by atoms with Gasteiger partial charge in [-0.2, -0.15) is 0 Å². The molecule has 3 atom stereocenters. The normalized spacial score (nSPS) is 36.8. The van der Waals surface area contributed by atoms with Crippen molar-refractivity contribution in [2.24, 2.45) is 0 Å². The third-order valence-electron chi connectivity index (χ3n) is 4.51. The smallest absolute Gasteiger partial charge is 0.00697 e. The van der Waals surface area contributed by atoms with Gasteiger partial charge < -0.3 is 5.32 Å². The van der Waals surface area contributed by atoms with E-state index in [9.17, 15) is 0 Å². The molecule has 2 heteroatoms. The largest absolute Gasteiger partial charge is 0.314 e. The zero-order valence-corrected chi connectivity index (χ0v) is 11.0. The van der Waals surface area contributed by atoms with Crippen LogP contribution in [0.4, 0.5) is 0 Å². The summed E-state index contributed by atoms with van der Waals surface area (Å²) in [5.41, 5.74) is 0. The summed E-state index contributed by atoms with van der Waals surface area (Å²) < 4.78 is 0. The van der Waals surface area contributed by atoms with Crippen LogP contribution in [0.15, 0.2) is 0 Å². The molecule has 2 fully saturated rings. The van der Waals surface area contributed by atoms with Crippen LogP contribution in [0, 0.1) is 0 Å². The van der Waals surface area contributed by atoms with E-state index in [2.05, 4.69) is 24.1 Å². The topological polar surface area (TPSA) is 15.3 Å². The van der Waals surface area contributed by atoms with Gasteiger partial charge >= 0.3 is 0 Å². The van der Waals surface area contributed by atoms with Gasteiger partial charge in [0.2, 0.25) is 0 Å². The lowest BCUT2D eigenvalue weighted by Gasteiger charge is -2.39. The molecule has 0 saturated carbocycles. The average Bonchev–Trinajstić information content (AvgIpc) is 2.75. The van der Waals surface area contributed by atoms with Crippen LogP contribution in [0.1, 0.15) is 58.8 Å². The first-order valence-corrected chi connectivity index (χ1v) is 7.26. The Morgan fingerprint density at radius 3 is 2.44 bits per heavy atom. The van der Waals surface area contributed by atoms with Gasteiger partial charge in [0.25, 0.3) is 0 Å². The monoisotopic (exact) mass is 224 g/mol. The number of nitrogens with one attached hydrogen (secondary N) is 1. The van der Waals surface area contributed by atoms with E-state index in [0.29, 0.717) is 0 Å². The van der Waals surface area contributed by atoms with Crippen molar-refractivity contribution in [1.82, 2.24) is 10.2 Å². The van der Waals surface area contributed by atoms with E-state index in [4.69, 9.17) is 0 Å². The predicted molar refractivity (Wildman–Crippen MR) is 69.7 cm³/mol. The van der Waals surface area contributed by atoms with Crippen LogP contribution in [0.3, 0.4) is 0 Å². The maximum absolute atomic E-state index is 3.60. The third kappa shape index (κ3) is 3.21. The number of hydrogen-bond donors (Lipinski definition) is 1. The number of hydrogen-bond acceptors (Lipinski definition) is 2. The maximum Gasteiger partial charge on any atom is 0.00697 e. The zero-order valence-electron chi connectivity index (χ0n) is 11.0. The zero-order chi connectivity index (χ0) is 11.4. The van der Waals surface area contributed by atoms with E-state index in [-0.39, 0.29) is 0 Å². The molecule has 2 aliphatic heterocycles. The van der Waals surface area contributed by atoms with Crippen molar-refractivity contribution >= 4 is 0 Å². The molecule has 0 amide bonds. The Hall–Kier alpha value is -0.0800. The summed E-state index contributed by atoms with van der Waals surface area (Å²) in [4.78, 5) is 2.73. The molecule has 16 heavy (non-hydrogen) atoms. The molecule has 2 saturated heterocycles. The Kier molecular flexibility index (Phi) is 4.66. The summed E-state index contributed by atoms with van der Waals surface area (Å²) >= 11 is 0. The van der Waals surface area contributed by atoms with E-state index >= 15 is 0 Å². The van der Waals surface area contributed by atoms with Crippen molar-refractivity contribution in [3.05, 3.63) is 0 Å². The number of nitrogens with zero attached hydrogens (tertiary/aromatic N) is 1. The van der Waals surface area contributed by atoms with E-state index < -0.39 is 0 Å². The van der Waals surface area contributed by atoms with Gasteiger partial charge in [-0.15, -0.1) is 0 Å². The van der Waals surface area contributed by atoms with Crippen LogP contribution < -0.4 is 5.32 Å². The maximum atomic E-state index is 3.60. The van der Waals surface area contributed by atoms with Crippen molar-refractivity contribution in [2.45, 2.75) is 76.9 Å².